The fourth-order valence-electron chi connectivity index (χ4n) is 0.996. The Labute approximate surface area is 86.2 Å². The highest BCUT2D eigenvalue weighted by Crippen LogP contribution is 2.05. The van der Waals surface area contributed by atoms with Crippen molar-refractivity contribution in [2.45, 2.75) is 13.0 Å². The largest absolute Gasteiger partial charge is 0.480 e. The van der Waals surface area contributed by atoms with Crippen LogP contribution in [0.2, 0.25) is 0 Å². The lowest BCUT2D eigenvalue weighted by Crippen LogP contribution is -2.10. The molecule has 0 saturated carbocycles. The van der Waals surface area contributed by atoms with Gasteiger partial charge in [-0.25, -0.2) is 0 Å². The number of carbonyl (C=O) groups is 2. The van der Waals surface area contributed by atoms with Gasteiger partial charge in [0.05, 0.1) is 11.9 Å². The van der Waals surface area contributed by atoms with Crippen LogP contribution >= 0.6 is 0 Å². The molecule has 0 radical (unpaired) electrons. The van der Waals surface area contributed by atoms with Crippen molar-refractivity contribution in [3.8, 4) is 0 Å². The van der Waals surface area contributed by atoms with Crippen LogP contribution in [0.4, 0.5) is 5.69 Å². The molecule has 0 saturated heterocycles. The molecule has 0 aliphatic carbocycles. The minimum absolute atomic E-state index is 0.208. The third kappa shape index (κ3) is 3.63. The first-order chi connectivity index (χ1) is 7.11. The van der Waals surface area contributed by atoms with Gasteiger partial charge in [-0.2, -0.15) is 5.10 Å². The minimum atomic E-state index is -0.984. The molecular formula is C9H11N3O3. The second-order valence-corrected chi connectivity index (χ2v) is 2.86. The second kappa shape index (κ2) is 4.94. The van der Waals surface area contributed by atoms with Gasteiger partial charge in [0.15, 0.2) is 0 Å². The SMILES string of the molecule is C=CCC(=O)Nc1cnn(CC(=O)O)c1. The van der Waals surface area contributed by atoms with Crippen LogP contribution in [-0.4, -0.2) is 26.8 Å². The van der Waals surface area contributed by atoms with Crippen LogP contribution in [-0.2, 0) is 16.1 Å². The van der Waals surface area contributed by atoms with Gasteiger partial charge in [0, 0.05) is 12.6 Å². The first kappa shape index (κ1) is 11.0. The molecule has 1 rings (SSSR count). The molecule has 1 amide bonds. The number of anilines is 1. The first-order valence-corrected chi connectivity index (χ1v) is 4.27. The monoisotopic (exact) mass is 209 g/mol. The second-order valence-electron chi connectivity index (χ2n) is 2.86. The number of carboxylic acid groups (broad SMARTS) is 1. The van der Waals surface area contributed by atoms with E-state index < -0.39 is 5.97 Å². The highest BCUT2D eigenvalue weighted by atomic mass is 16.4. The van der Waals surface area contributed by atoms with Crippen molar-refractivity contribution in [1.82, 2.24) is 9.78 Å². The Balaban J connectivity index is 2.56. The lowest BCUT2D eigenvalue weighted by Gasteiger charge is -1.97. The molecule has 6 heteroatoms. The average molecular weight is 209 g/mol. The van der Waals surface area contributed by atoms with E-state index in [4.69, 9.17) is 5.11 Å². The number of nitrogens with zero attached hydrogens (tertiary/aromatic N) is 2. The van der Waals surface area contributed by atoms with E-state index in [0.717, 1.165) is 0 Å². The van der Waals surface area contributed by atoms with Crippen LogP contribution in [0.3, 0.4) is 0 Å². The molecule has 0 aliphatic rings. The summed E-state index contributed by atoms with van der Waals surface area (Å²) in [7, 11) is 0. The number of aliphatic carboxylic acids is 1. The maximum absolute atomic E-state index is 11.1. The van der Waals surface area contributed by atoms with Crippen molar-refractivity contribution in [3.05, 3.63) is 25.0 Å². The maximum Gasteiger partial charge on any atom is 0.325 e. The topological polar surface area (TPSA) is 84.2 Å². The van der Waals surface area contributed by atoms with Gasteiger partial charge in [-0.3, -0.25) is 14.3 Å². The summed E-state index contributed by atoms with van der Waals surface area (Å²) in [6, 6.07) is 0. The molecule has 1 aromatic rings. The average Bonchev–Trinajstić information content (AvgIpc) is 2.51. The van der Waals surface area contributed by atoms with Gasteiger partial charge < -0.3 is 10.4 Å². The fraction of sp³-hybridized carbons (Fsp3) is 0.222. The highest BCUT2D eigenvalue weighted by Gasteiger charge is 2.04. The van der Waals surface area contributed by atoms with Crippen molar-refractivity contribution < 1.29 is 14.7 Å². The van der Waals surface area contributed by atoms with Gasteiger partial charge in [0.1, 0.15) is 6.54 Å². The van der Waals surface area contributed by atoms with Crippen LogP contribution in [0, 0.1) is 0 Å². The van der Waals surface area contributed by atoms with E-state index in [1.54, 1.807) is 0 Å². The Morgan fingerprint density at radius 1 is 1.67 bits per heavy atom. The van der Waals surface area contributed by atoms with Crippen LogP contribution in [0.25, 0.3) is 0 Å². The van der Waals surface area contributed by atoms with E-state index in [1.165, 1.54) is 23.2 Å². The predicted octanol–water partition coefficient (Wildman–Crippen LogP) is 0.482. The van der Waals surface area contributed by atoms with Crippen LogP contribution in [0.1, 0.15) is 6.42 Å². The number of carbonyl (C=O) groups excluding carboxylic acids is 1. The normalized spacial score (nSPS) is 9.60. The molecule has 1 aromatic heterocycles. The van der Waals surface area contributed by atoms with Crippen LogP contribution in [0.5, 0.6) is 0 Å². The smallest absolute Gasteiger partial charge is 0.325 e. The van der Waals surface area contributed by atoms with E-state index in [1.807, 2.05) is 0 Å². The van der Waals surface area contributed by atoms with Gasteiger partial charge in [0.25, 0.3) is 0 Å². The highest BCUT2D eigenvalue weighted by molar-refractivity contribution is 5.91. The summed E-state index contributed by atoms with van der Waals surface area (Å²) in [4.78, 5) is 21.4. The number of nitrogens with one attached hydrogen (secondary N) is 1. The summed E-state index contributed by atoms with van der Waals surface area (Å²) < 4.78 is 1.23. The predicted molar refractivity (Wildman–Crippen MR) is 53.3 cm³/mol. The molecule has 80 valence electrons. The molecule has 1 heterocycles. The fourth-order valence-corrected chi connectivity index (χ4v) is 0.996. The van der Waals surface area contributed by atoms with Gasteiger partial charge >= 0.3 is 5.97 Å². The lowest BCUT2D eigenvalue weighted by atomic mass is 10.4. The van der Waals surface area contributed by atoms with Crippen LogP contribution < -0.4 is 5.32 Å². The number of hydrogen-bond donors (Lipinski definition) is 2. The summed E-state index contributed by atoms with van der Waals surface area (Å²) in [5.41, 5.74) is 0.475. The Hall–Kier alpha value is -2.11. The maximum atomic E-state index is 11.1. The standard InChI is InChI=1S/C9H11N3O3/c1-2-3-8(13)11-7-4-10-12(5-7)6-9(14)15/h2,4-5H,1,3,6H2,(H,11,13)(H,14,15). The Bertz CT molecular complexity index is 384. The lowest BCUT2D eigenvalue weighted by molar-refractivity contribution is -0.137. The molecule has 0 bridgehead atoms. The van der Waals surface area contributed by atoms with E-state index in [2.05, 4.69) is 17.0 Å². The summed E-state index contributed by atoms with van der Waals surface area (Å²) >= 11 is 0. The molecule has 0 atom stereocenters. The van der Waals surface area contributed by atoms with Gasteiger partial charge in [-0.15, -0.1) is 6.58 Å². The van der Waals surface area contributed by atoms with Crippen molar-refractivity contribution >= 4 is 17.6 Å². The van der Waals surface area contributed by atoms with Crippen molar-refractivity contribution in [2.24, 2.45) is 0 Å². The van der Waals surface area contributed by atoms with Crippen molar-refractivity contribution in [3.63, 3.8) is 0 Å². The number of rotatable bonds is 5. The molecular weight excluding hydrogens is 198 g/mol. The summed E-state index contributed by atoms with van der Waals surface area (Å²) in [5, 5.41) is 14.8. The summed E-state index contributed by atoms with van der Waals surface area (Å²) in [6.07, 6.45) is 4.54. The van der Waals surface area contributed by atoms with E-state index >= 15 is 0 Å². The van der Waals surface area contributed by atoms with Gasteiger partial charge in [-0.05, 0) is 0 Å². The Kier molecular flexibility index (Phi) is 3.61. The first-order valence-electron chi connectivity index (χ1n) is 4.27. The molecule has 0 aromatic carbocycles. The van der Waals surface area contributed by atoms with Crippen molar-refractivity contribution in [2.75, 3.05) is 5.32 Å². The number of carboxylic acids is 1. The minimum Gasteiger partial charge on any atom is -0.480 e. The molecule has 0 unspecified atom stereocenters. The number of aromatic nitrogens is 2. The van der Waals surface area contributed by atoms with Crippen molar-refractivity contribution in [1.29, 1.82) is 0 Å². The molecule has 6 nitrogen and oxygen atoms in total. The molecule has 0 aliphatic heterocycles. The van der Waals surface area contributed by atoms with Gasteiger partial charge in [-0.1, -0.05) is 6.08 Å². The van der Waals surface area contributed by atoms with E-state index in [0.29, 0.717) is 5.69 Å². The third-order valence-corrected chi connectivity index (χ3v) is 1.54. The molecule has 0 fully saturated rings. The van der Waals surface area contributed by atoms with E-state index in [-0.39, 0.29) is 18.9 Å². The Morgan fingerprint density at radius 2 is 2.40 bits per heavy atom. The number of hydrogen-bond acceptors (Lipinski definition) is 3. The molecule has 0 spiro atoms. The quantitative estimate of drug-likeness (QED) is 0.691. The summed E-state index contributed by atoms with van der Waals surface area (Å²) in [6.45, 7) is 3.20. The number of amides is 1. The van der Waals surface area contributed by atoms with Gasteiger partial charge in [0.2, 0.25) is 5.91 Å². The zero-order valence-corrected chi connectivity index (χ0v) is 8.01. The summed E-state index contributed by atoms with van der Waals surface area (Å²) in [5.74, 6) is -1.19. The molecule has 15 heavy (non-hydrogen) atoms. The third-order valence-electron chi connectivity index (χ3n) is 1.54. The zero-order chi connectivity index (χ0) is 11.3. The zero-order valence-electron chi connectivity index (χ0n) is 8.01. The van der Waals surface area contributed by atoms with Crippen LogP contribution in [0.15, 0.2) is 25.0 Å². The Morgan fingerprint density at radius 3 is 3.00 bits per heavy atom. The molecule has 2 N–H and O–H groups in total. The van der Waals surface area contributed by atoms with E-state index in [9.17, 15) is 9.59 Å².